The van der Waals surface area contributed by atoms with Crippen LogP contribution in [0.3, 0.4) is 0 Å². The zero-order valence-electron chi connectivity index (χ0n) is 15.8. The monoisotopic (exact) mass is 384 g/mol. The van der Waals surface area contributed by atoms with Gasteiger partial charge in [0.15, 0.2) is 6.10 Å². The third kappa shape index (κ3) is 3.95. The van der Waals surface area contributed by atoms with Crippen LogP contribution in [0.5, 0.6) is 0 Å². The first kappa shape index (κ1) is 18.7. The third-order valence-electron chi connectivity index (χ3n) is 5.23. The molecule has 2 aliphatic rings. The molecule has 7 heteroatoms. The summed E-state index contributed by atoms with van der Waals surface area (Å²) in [4.78, 5) is 27.1. The smallest absolute Gasteiger partial charge is 0.339 e. The first-order valence-electron chi connectivity index (χ1n) is 9.56. The number of rotatable bonds is 5. The molecule has 2 unspecified atom stereocenters. The SMILES string of the molecule is Cc1ccc(C(CNC(=O)C2Cc3ccccc3C(=O)O2)N2CCOCC2)o1. The number of esters is 1. The van der Waals surface area contributed by atoms with E-state index in [0.29, 0.717) is 31.7 Å². The number of ether oxygens (including phenoxy) is 2. The molecule has 2 atom stereocenters. The van der Waals surface area contributed by atoms with Crippen molar-refractivity contribution < 1.29 is 23.5 Å². The fourth-order valence-corrected chi connectivity index (χ4v) is 3.72. The Labute approximate surface area is 163 Å². The Bertz CT molecular complexity index is 856. The molecule has 1 saturated heterocycles. The molecule has 1 N–H and O–H groups in total. The van der Waals surface area contributed by atoms with Crippen molar-refractivity contribution in [2.75, 3.05) is 32.8 Å². The molecule has 148 valence electrons. The lowest BCUT2D eigenvalue weighted by Crippen LogP contribution is -2.47. The van der Waals surface area contributed by atoms with Crippen LogP contribution < -0.4 is 5.32 Å². The molecule has 1 amide bonds. The average Bonchev–Trinajstić information content (AvgIpc) is 3.15. The Morgan fingerprint density at radius 2 is 2.00 bits per heavy atom. The summed E-state index contributed by atoms with van der Waals surface area (Å²) in [5, 5.41) is 2.95. The number of morpholine rings is 1. The maximum Gasteiger partial charge on any atom is 0.339 e. The molecular weight excluding hydrogens is 360 g/mol. The summed E-state index contributed by atoms with van der Waals surface area (Å²) in [6.45, 7) is 5.12. The van der Waals surface area contributed by atoms with E-state index in [0.717, 1.165) is 30.2 Å². The number of cyclic esters (lactones) is 1. The zero-order chi connectivity index (χ0) is 19.5. The predicted octanol–water partition coefficient (Wildman–Crippen LogP) is 1.86. The van der Waals surface area contributed by atoms with Crippen molar-refractivity contribution in [1.29, 1.82) is 0 Å². The van der Waals surface area contributed by atoms with Gasteiger partial charge in [-0.3, -0.25) is 9.69 Å². The molecule has 1 aromatic heterocycles. The Balaban J connectivity index is 1.43. The molecule has 3 heterocycles. The number of hydrogen-bond acceptors (Lipinski definition) is 6. The van der Waals surface area contributed by atoms with Gasteiger partial charge in [0.25, 0.3) is 5.91 Å². The Kier molecular flexibility index (Phi) is 5.45. The normalized spacial score (nSPS) is 20.9. The number of carbonyl (C=O) groups is 2. The average molecular weight is 384 g/mol. The van der Waals surface area contributed by atoms with Gasteiger partial charge in [-0.25, -0.2) is 4.79 Å². The summed E-state index contributed by atoms with van der Waals surface area (Å²) >= 11 is 0. The van der Waals surface area contributed by atoms with Gasteiger partial charge in [0.05, 0.1) is 24.8 Å². The van der Waals surface area contributed by atoms with Gasteiger partial charge < -0.3 is 19.2 Å². The summed E-state index contributed by atoms with van der Waals surface area (Å²) in [6, 6.07) is 11.0. The van der Waals surface area contributed by atoms with E-state index >= 15 is 0 Å². The number of benzene rings is 1. The molecule has 2 aromatic rings. The van der Waals surface area contributed by atoms with Crippen molar-refractivity contribution in [2.45, 2.75) is 25.5 Å². The van der Waals surface area contributed by atoms with Crippen molar-refractivity contribution in [1.82, 2.24) is 10.2 Å². The van der Waals surface area contributed by atoms with Crippen LogP contribution in [0.25, 0.3) is 0 Å². The van der Waals surface area contributed by atoms with Crippen LogP contribution in [0.15, 0.2) is 40.8 Å². The lowest BCUT2D eigenvalue weighted by Gasteiger charge is -2.33. The summed E-state index contributed by atoms with van der Waals surface area (Å²) < 4.78 is 16.6. The molecule has 28 heavy (non-hydrogen) atoms. The van der Waals surface area contributed by atoms with E-state index < -0.39 is 12.1 Å². The lowest BCUT2D eigenvalue weighted by molar-refractivity contribution is -0.130. The molecule has 1 aromatic carbocycles. The summed E-state index contributed by atoms with van der Waals surface area (Å²) in [7, 11) is 0. The van der Waals surface area contributed by atoms with Gasteiger partial charge in [0, 0.05) is 26.1 Å². The van der Waals surface area contributed by atoms with Gasteiger partial charge >= 0.3 is 5.97 Å². The van der Waals surface area contributed by atoms with E-state index in [4.69, 9.17) is 13.9 Å². The number of nitrogens with zero attached hydrogens (tertiary/aromatic N) is 1. The second-order valence-corrected chi connectivity index (χ2v) is 7.11. The minimum absolute atomic E-state index is 0.0897. The fourth-order valence-electron chi connectivity index (χ4n) is 3.72. The van der Waals surface area contributed by atoms with E-state index in [-0.39, 0.29) is 11.9 Å². The topological polar surface area (TPSA) is 81.0 Å². The highest BCUT2D eigenvalue weighted by Gasteiger charge is 2.32. The van der Waals surface area contributed by atoms with Crippen LogP contribution in [0.1, 0.15) is 33.5 Å². The predicted molar refractivity (Wildman–Crippen MR) is 101 cm³/mol. The summed E-state index contributed by atoms with van der Waals surface area (Å²) in [5.74, 6) is 0.904. The van der Waals surface area contributed by atoms with Gasteiger partial charge in [-0.15, -0.1) is 0 Å². The van der Waals surface area contributed by atoms with Crippen molar-refractivity contribution in [3.8, 4) is 0 Å². The second-order valence-electron chi connectivity index (χ2n) is 7.11. The highest BCUT2D eigenvalue weighted by molar-refractivity contribution is 5.95. The number of hydrogen-bond donors (Lipinski definition) is 1. The van der Waals surface area contributed by atoms with Gasteiger partial charge in [0.2, 0.25) is 0 Å². The van der Waals surface area contributed by atoms with Crippen LogP contribution in [0, 0.1) is 6.92 Å². The molecule has 4 rings (SSSR count). The lowest BCUT2D eigenvalue weighted by atomic mass is 9.98. The minimum atomic E-state index is -0.814. The van der Waals surface area contributed by atoms with Crippen LogP contribution in [-0.4, -0.2) is 55.7 Å². The van der Waals surface area contributed by atoms with Crippen LogP contribution in [-0.2, 0) is 20.7 Å². The highest BCUT2D eigenvalue weighted by Crippen LogP contribution is 2.24. The van der Waals surface area contributed by atoms with Crippen LogP contribution in [0.2, 0.25) is 0 Å². The maximum absolute atomic E-state index is 12.7. The van der Waals surface area contributed by atoms with Crippen molar-refractivity contribution in [3.05, 3.63) is 59.0 Å². The molecular formula is C21H24N2O5. The van der Waals surface area contributed by atoms with E-state index in [1.807, 2.05) is 31.2 Å². The first-order chi connectivity index (χ1) is 13.6. The summed E-state index contributed by atoms with van der Waals surface area (Å²) in [6.07, 6.45) is -0.429. The van der Waals surface area contributed by atoms with Crippen molar-refractivity contribution in [2.24, 2.45) is 0 Å². The number of nitrogens with one attached hydrogen (secondary N) is 1. The largest absolute Gasteiger partial charge is 0.465 e. The minimum Gasteiger partial charge on any atom is -0.465 e. The molecule has 0 bridgehead atoms. The Morgan fingerprint density at radius 3 is 2.75 bits per heavy atom. The van der Waals surface area contributed by atoms with Crippen LogP contribution in [0.4, 0.5) is 0 Å². The molecule has 0 spiro atoms. The van der Waals surface area contributed by atoms with Gasteiger partial charge in [-0.2, -0.15) is 0 Å². The second kappa shape index (κ2) is 8.16. The Hall–Kier alpha value is -2.64. The number of furan rings is 1. The van der Waals surface area contributed by atoms with E-state index in [1.165, 1.54) is 0 Å². The summed E-state index contributed by atoms with van der Waals surface area (Å²) in [5.41, 5.74) is 1.37. The fraction of sp³-hybridized carbons (Fsp3) is 0.429. The first-order valence-corrected chi connectivity index (χ1v) is 9.56. The molecule has 0 radical (unpaired) electrons. The van der Waals surface area contributed by atoms with Gasteiger partial charge in [-0.1, -0.05) is 18.2 Å². The van der Waals surface area contributed by atoms with E-state index in [9.17, 15) is 9.59 Å². The standard InChI is InChI=1S/C21H24N2O5/c1-14-6-7-18(27-14)17(23-8-10-26-11-9-23)13-22-20(24)19-12-15-4-2-3-5-16(15)21(25)28-19/h2-7,17,19H,8-13H2,1H3,(H,22,24). The number of aryl methyl sites for hydroxylation is 1. The van der Waals surface area contributed by atoms with Crippen LogP contribution >= 0.6 is 0 Å². The molecule has 0 saturated carbocycles. The third-order valence-corrected chi connectivity index (χ3v) is 5.23. The zero-order valence-corrected chi connectivity index (χ0v) is 15.8. The number of amides is 1. The van der Waals surface area contributed by atoms with Gasteiger partial charge in [-0.05, 0) is 30.7 Å². The number of carbonyl (C=O) groups excluding carboxylic acids is 2. The van der Waals surface area contributed by atoms with E-state index in [2.05, 4.69) is 10.2 Å². The molecule has 7 nitrogen and oxygen atoms in total. The van der Waals surface area contributed by atoms with E-state index in [1.54, 1.807) is 12.1 Å². The molecule has 1 fully saturated rings. The molecule has 0 aliphatic carbocycles. The highest BCUT2D eigenvalue weighted by atomic mass is 16.5. The quantitative estimate of drug-likeness (QED) is 0.793. The molecule has 2 aliphatic heterocycles. The Morgan fingerprint density at radius 1 is 1.21 bits per heavy atom. The number of fused-ring (bicyclic) bond motifs is 1. The van der Waals surface area contributed by atoms with Crippen molar-refractivity contribution in [3.63, 3.8) is 0 Å². The maximum atomic E-state index is 12.7. The van der Waals surface area contributed by atoms with Crippen molar-refractivity contribution >= 4 is 11.9 Å². The van der Waals surface area contributed by atoms with Gasteiger partial charge in [0.1, 0.15) is 11.5 Å².